The Morgan fingerprint density at radius 1 is 0.571 bits per heavy atom. The number of likely N-dealkylation sites (N-methyl/N-ethyl adjacent to an activating group) is 2. The normalized spacial score (nSPS) is 44.0. The van der Waals surface area contributed by atoms with Gasteiger partial charge in [-0.1, -0.05) is 0 Å². The molecule has 0 spiro atoms. The predicted molar refractivity (Wildman–Crippen MR) is 90.3 cm³/mol. The number of nitrogens with zero attached hydrogens (tertiary/aromatic N) is 4. The average Bonchev–Trinajstić information content (AvgIpc) is 2.76. The summed E-state index contributed by atoms with van der Waals surface area (Å²) in [6.45, 7) is 16.6. The fraction of sp³-hybridized carbons (Fsp3) is 1.00. The van der Waals surface area contributed by atoms with Crippen LogP contribution >= 0.6 is 0 Å². The first-order valence-corrected chi connectivity index (χ1v) is 8.72. The molecule has 0 aliphatic carbocycles. The highest BCUT2D eigenvalue weighted by molar-refractivity contribution is 4.92. The molecule has 2 aliphatic heterocycles. The van der Waals surface area contributed by atoms with Gasteiger partial charge in [0, 0.05) is 37.3 Å². The van der Waals surface area contributed by atoms with Crippen molar-refractivity contribution >= 4 is 0 Å². The van der Waals surface area contributed by atoms with Crippen LogP contribution in [0.1, 0.15) is 48.0 Å². The van der Waals surface area contributed by atoms with Crippen LogP contribution in [-0.2, 0) is 0 Å². The van der Waals surface area contributed by atoms with Gasteiger partial charge in [-0.2, -0.15) is 0 Å². The molecule has 0 saturated carbocycles. The zero-order valence-corrected chi connectivity index (χ0v) is 15.4. The maximum Gasteiger partial charge on any atom is 0.0596 e. The van der Waals surface area contributed by atoms with Gasteiger partial charge in [0.05, 0.1) is 12.3 Å². The summed E-state index contributed by atoms with van der Waals surface area (Å²) in [6.07, 6.45) is 2.42. The summed E-state index contributed by atoms with van der Waals surface area (Å²) in [5.41, 5.74) is 0. The lowest BCUT2D eigenvalue weighted by Gasteiger charge is -2.30. The van der Waals surface area contributed by atoms with Gasteiger partial charge in [-0.05, 0) is 62.1 Å². The van der Waals surface area contributed by atoms with E-state index >= 15 is 0 Å². The fourth-order valence-electron chi connectivity index (χ4n) is 4.28. The minimum atomic E-state index is 0.574. The van der Waals surface area contributed by atoms with Crippen LogP contribution < -0.4 is 0 Å². The quantitative estimate of drug-likeness (QED) is 0.788. The van der Waals surface area contributed by atoms with E-state index in [4.69, 9.17) is 0 Å². The van der Waals surface area contributed by atoms with Crippen molar-refractivity contribution in [3.63, 3.8) is 0 Å². The molecule has 6 atom stereocenters. The summed E-state index contributed by atoms with van der Waals surface area (Å²) in [4.78, 5) is 10.3. The zero-order valence-electron chi connectivity index (χ0n) is 15.4. The second kappa shape index (κ2) is 6.53. The van der Waals surface area contributed by atoms with Crippen LogP contribution in [0.15, 0.2) is 0 Å². The fourth-order valence-corrected chi connectivity index (χ4v) is 4.28. The molecule has 2 aliphatic rings. The molecule has 0 bridgehead atoms. The Hall–Kier alpha value is -0.160. The van der Waals surface area contributed by atoms with Gasteiger partial charge in [-0.3, -0.25) is 19.6 Å². The summed E-state index contributed by atoms with van der Waals surface area (Å²) in [7, 11) is 4.51. The van der Waals surface area contributed by atoms with Crippen molar-refractivity contribution in [2.45, 2.75) is 84.5 Å². The van der Waals surface area contributed by atoms with Crippen LogP contribution in [0.4, 0.5) is 0 Å². The first kappa shape index (κ1) is 17.2. The van der Waals surface area contributed by atoms with Crippen LogP contribution in [0.25, 0.3) is 0 Å². The third-order valence-corrected chi connectivity index (χ3v) is 6.70. The minimum Gasteiger partial charge on any atom is -0.287 e. The van der Waals surface area contributed by atoms with Gasteiger partial charge in [0.2, 0.25) is 0 Å². The Morgan fingerprint density at radius 2 is 0.905 bits per heavy atom. The van der Waals surface area contributed by atoms with Crippen molar-refractivity contribution in [3.05, 3.63) is 0 Å². The molecule has 4 nitrogen and oxygen atoms in total. The Morgan fingerprint density at radius 3 is 1.14 bits per heavy atom. The molecular formula is C17H36N4. The van der Waals surface area contributed by atoms with Crippen molar-refractivity contribution in [1.29, 1.82) is 0 Å². The van der Waals surface area contributed by atoms with Gasteiger partial charge in [0.1, 0.15) is 0 Å². The summed E-state index contributed by atoms with van der Waals surface area (Å²) in [5, 5.41) is 0. The van der Waals surface area contributed by atoms with Crippen molar-refractivity contribution in [2.24, 2.45) is 0 Å². The van der Waals surface area contributed by atoms with E-state index in [1.807, 2.05) is 0 Å². The van der Waals surface area contributed by atoms with Crippen LogP contribution in [0.5, 0.6) is 0 Å². The average molecular weight is 297 g/mol. The molecule has 2 heterocycles. The molecule has 21 heavy (non-hydrogen) atoms. The van der Waals surface area contributed by atoms with E-state index in [-0.39, 0.29) is 0 Å². The van der Waals surface area contributed by atoms with E-state index in [9.17, 15) is 0 Å². The molecule has 0 amide bonds. The van der Waals surface area contributed by atoms with Gasteiger partial charge < -0.3 is 0 Å². The van der Waals surface area contributed by atoms with Crippen LogP contribution in [0, 0.1) is 0 Å². The highest BCUT2D eigenvalue weighted by atomic mass is 15.4. The van der Waals surface area contributed by atoms with E-state index in [1.54, 1.807) is 0 Å². The predicted octanol–water partition coefficient (Wildman–Crippen LogP) is 2.12. The molecule has 0 aromatic carbocycles. The van der Waals surface area contributed by atoms with Gasteiger partial charge in [-0.25, -0.2) is 0 Å². The number of hydrogen-bond acceptors (Lipinski definition) is 4. The monoisotopic (exact) mass is 296 g/mol. The maximum absolute atomic E-state index is 2.67. The molecule has 0 N–H and O–H groups in total. The molecule has 0 aromatic rings. The van der Waals surface area contributed by atoms with E-state index in [0.717, 1.165) is 0 Å². The summed E-state index contributed by atoms with van der Waals surface area (Å²) in [6, 6.07) is 2.66. The highest BCUT2D eigenvalue weighted by Crippen LogP contribution is 2.27. The van der Waals surface area contributed by atoms with Gasteiger partial charge >= 0.3 is 0 Å². The Kier molecular flexibility index (Phi) is 5.35. The molecule has 2 saturated heterocycles. The SMILES string of the molecule is CC1C(C)N(CCCN2C(C)C(C)N(C)C2C)C(C)N1C. The van der Waals surface area contributed by atoms with E-state index in [2.05, 4.69) is 75.2 Å². The lowest BCUT2D eigenvalue weighted by atomic mass is 10.1. The smallest absolute Gasteiger partial charge is 0.0596 e. The molecule has 2 fully saturated rings. The van der Waals surface area contributed by atoms with Crippen LogP contribution in [-0.4, -0.2) is 83.3 Å². The molecule has 0 radical (unpaired) electrons. The maximum atomic E-state index is 2.67. The zero-order chi connectivity index (χ0) is 15.9. The topological polar surface area (TPSA) is 13.0 Å². The molecular weight excluding hydrogens is 260 g/mol. The standard InChI is InChI=1S/C17H36N4/c1-12-14(3)20(16(5)18(12)7)10-9-11-21-15(4)13(2)19(8)17(21)6/h12-17H,9-11H2,1-8H3. The second-order valence-corrected chi connectivity index (χ2v) is 7.39. The van der Waals surface area contributed by atoms with E-state index in [0.29, 0.717) is 36.5 Å². The second-order valence-electron chi connectivity index (χ2n) is 7.39. The molecule has 4 heteroatoms. The summed E-state index contributed by atoms with van der Waals surface area (Å²) >= 11 is 0. The van der Waals surface area contributed by atoms with Crippen LogP contribution in [0.2, 0.25) is 0 Å². The van der Waals surface area contributed by atoms with Crippen molar-refractivity contribution < 1.29 is 0 Å². The first-order chi connectivity index (χ1) is 9.77. The van der Waals surface area contributed by atoms with Crippen molar-refractivity contribution in [2.75, 3.05) is 27.2 Å². The van der Waals surface area contributed by atoms with E-state index < -0.39 is 0 Å². The van der Waals surface area contributed by atoms with Crippen molar-refractivity contribution in [3.8, 4) is 0 Å². The lowest BCUT2D eigenvalue weighted by Crippen LogP contribution is -2.41. The number of hydrogen-bond donors (Lipinski definition) is 0. The third-order valence-electron chi connectivity index (χ3n) is 6.70. The molecule has 124 valence electrons. The van der Waals surface area contributed by atoms with E-state index in [1.165, 1.54) is 19.5 Å². The highest BCUT2D eigenvalue weighted by Gasteiger charge is 2.39. The summed E-state index contributed by atoms with van der Waals surface area (Å²) < 4.78 is 0. The third kappa shape index (κ3) is 3.00. The van der Waals surface area contributed by atoms with Crippen molar-refractivity contribution in [1.82, 2.24) is 19.6 Å². The van der Waals surface area contributed by atoms with Gasteiger partial charge in [0.25, 0.3) is 0 Å². The van der Waals surface area contributed by atoms with Crippen LogP contribution in [0.3, 0.4) is 0 Å². The minimum absolute atomic E-state index is 0.574. The van der Waals surface area contributed by atoms with Gasteiger partial charge in [-0.15, -0.1) is 0 Å². The largest absolute Gasteiger partial charge is 0.287 e. The first-order valence-electron chi connectivity index (χ1n) is 8.72. The van der Waals surface area contributed by atoms with Gasteiger partial charge in [0.15, 0.2) is 0 Å². The molecule has 0 aromatic heterocycles. The number of rotatable bonds is 4. The Balaban J connectivity index is 1.85. The Labute approximate surface area is 132 Å². The Bertz CT molecular complexity index is 288. The molecule has 2 rings (SSSR count). The lowest BCUT2D eigenvalue weighted by molar-refractivity contribution is 0.124. The molecule has 6 unspecified atom stereocenters. The summed E-state index contributed by atoms with van der Waals surface area (Å²) in [5.74, 6) is 0.